The molecule has 1 aromatic rings. The Balaban J connectivity index is 2.15. The van der Waals surface area contributed by atoms with Crippen LogP contribution in [0.5, 0.6) is 5.75 Å². The van der Waals surface area contributed by atoms with E-state index in [2.05, 4.69) is 11.4 Å². The van der Waals surface area contributed by atoms with Gasteiger partial charge in [0.15, 0.2) is 0 Å². The first-order chi connectivity index (χ1) is 13.8. The number of piperidine rings is 1. The number of carbonyl (C=O) groups excluding carboxylic acids is 2. The Hall–Kier alpha value is -2.95. The minimum Gasteiger partial charge on any atom is -0.506 e. The summed E-state index contributed by atoms with van der Waals surface area (Å²) in [5, 5.41) is 22.3. The number of amides is 2. The molecule has 1 fully saturated rings. The number of hydrogen-bond donors (Lipinski definition) is 2. The fourth-order valence-electron chi connectivity index (χ4n) is 3.25. The summed E-state index contributed by atoms with van der Waals surface area (Å²) in [7, 11) is 0. The van der Waals surface area contributed by atoms with E-state index >= 15 is 0 Å². The Morgan fingerprint density at radius 1 is 1.10 bits per heavy atom. The Labute approximate surface area is 177 Å². The Morgan fingerprint density at radius 3 is 2.17 bits per heavy atom. The molecule has 2 amide bonds. The topological polar surface area (TPSA) is 112 Å². The lowest BCUT2D eigenvalue weighted by Crippen LogP contribution is -2.41. The van der Waals surface area contributed by atoms with Crippen molar-refractivity contribution in [1.29, 1.82) is 5.26 Å². The van der Waals surface area contributed by atoms with Crippen LogP contribution in [-0.2, 0) is 9.47 Å². The van der Waals surface area contributed by atoms with Crippen LogP contribution in [0.1, 0.15) is 71.4 Å². The quantitative estimate of drug-likeness (QED) is 0.673. The van der Waals surface area contributed by atoms with E-state index in [1.54, 1.807) is 31.7 Å². The van der Waals surface area contributed by atoms with Crippen molar-refractivity contribution in [3.05, 3.63) is 23.3 Å². The summed E-state index contributed by atoms with van der Waals surface area (Å²) in [4.78, 5) is 26.0. The van der Waals surface area contributed by atoms with Crippen LogP contribution >= 0.6 is 0 Å². The van der Waals surface area contributed by atoms with Gasteiger partial charge in [0, 0.05) is 19.2 Å². The highest BCUT2D eigenvalue weighted by molar-refractivity contribution is 5.87. The van der Waals surface area contributed by atoms with Gasteiger partial charge < -0.3 is 19.5 Å². The smallest absolute Gasteiger partial charge is 0.412 e. The average molecular weight is 418 g/mol. The molecule has 1 aromatic carbocycles. The maximum Gasteiger partial charge on any atom is 0.412 e. The number of carbonyl (C=O) groups is 2. The van der Waals surface area contributed by atoms with Crippen molar-refractivity contribution < 1.29 is 24.2 Å². The molecule has 1 aliphatic rings. The average Bonchev–Trinajstić information content (AvgIpc) is 2.60. The zero-order chi connectivity index (χ0) is 22.7. The molecule has 0 radical (unpaired) electrons. The summed E-state index contributed by atoms with van der Waals surface area (Å²) in [6.07, 6.45) is 0.252. The second-order valence-electron chi connectivity index (χ2n) is 9.44. The molecule has 8 heteroatoms. The predicted octanol–water partition coefficient (Wildman–Crippen LogP) is 4.73. The third-order valence-electron chi connectivity index (χ3n) is 4.51. The van der Waals surface area contributed by atoms with E-state index in [4.69, 9.17) is 9.47 Å². The number of phenolic OH excluding ortho intramolecular Hbond substituents is 1. The summed E-state index contributed by atoms with van der Waals surface area (Å²) in [5.41, 5.74) is 0.0287. The molecule has 1 heterocycles. The van der Waals surface area contributed by atoms with E-state index in [1.807, 2.05) is 20.8 Å². The Morgan fingerprint density at radius 2 is 1.67 bits per heavy atom. The van der Waals surface area contributed by atoms with Crippen LogP contribution in [0.4, 0.5) is 15.3 Å². The third-order valence-corrected chi connectivity index (χ3v) is 4.51. The van der Waals surface area contributed by atoms with Crippen molar-refractivity contribution >= 4 is 17.9 Å². The molecule has 0 spiro atoms. The van der Waals surface area contributed by atoms with Gasteiger partial charge in [0.25, 0.3) is 0 Å². The number of hydrogen-bond acceptors (Lipinski definition) is 6. The fraction of sp³-hybridized carbons (Fsp3) is 0.591. The van der Waals surface area contributed by atoms with E-state index in [0.717, 1.165) is 5.56 Å². The zero-order valence-corrected chi connectivity index (χ0v) is 18.5. The predicted molar refractivity (Wildman–Crippen MR) is 112 cm³/mol. The van der Waals surface area contributed by atoms with Gasteiger partial charge in [-0.3, -0.25) is 5.32 Å². The molecule has 0 atom stereocenters. The number of ether oxygens (including phenoxy) is 2. The standard InChI is InChI=1S/C22H31N3O5/c1-21(2,3)29-19(27)24-17-12-16(15(13-23)11-18(17)26)14-7-9-25(10-8-14)20(28)30-22(4,5)6/h11-12,14,26H,7-10H2,1-6H3,(H,24,27). The number of benzene rings is 1. The molecule has 0 unspecified atom stereocenters. The number of nitrogens with one attached hydrogen (secondary N) is 1. The number of phenols is 1. The van der Waals surface area contributed by atoms with Crippen LogP contribution in [0, 0.1) is 11.3 Å². The highest BCUT2D eigenvalue weighted by Crippen LogP contribution is 2.36. The van der Waals surface area contributed by atoms with Crippen LogP contribution < -0.4 is 5.32 Å². The van der Waals surface area contributed by atoms with Crippen molar-refractivity contribution in [2.75, 3.05) is 18.4 Å². The normalized spacial score (nSPS) is 15.3. The second kappa shape index (κ2) is 8.82. The van der Waals surface area contributed by atoms with Crippen molar-refractivity contribution in [3.63, 3.8) is 0 Å². The summed E-state index contributed by atoms with van der Waals surface area (Å²) >= 11 is 0. The largest absolute Gasteiger partial charge is 0.506 e. The van der Waals surface area contributed by atoms with Gasteiger partial charge in [-0.1, -0.05) is 0 Å². The highest BCUT2D eigenvalue weighted by Gasteiger charge is 2.29. The maximum atomic E-state index is 12.3. The second-order valence-corrected chi connectivity index (χ2v) is 9.44. The van der Waals surface area contributed by atoms with Gasteiger partial charge in [0.2, 0.25) is 0 Å². The van der Waals surface area contributed by atoms with Crippen molar-refractivity contribution in [1.82, 2.24) is 4.90 Å². The fourth-order valence-corrected chi connectivity index (χ4v) is 3.25. The number of rotatable bonds is 2. The van der Waals surface area contributed by atoms with Crippen LogP contribution in [0.15, 0.2) is 12.1 Å². The van der Waals surface area contributed by atoms with Gasteiger partial charge in [-0.15, -0.1) is 0 Å². The number of aromatic hydroxyl groups is 1. The molecule has 0 bridgehead atoms. The lowest BCUT2D eigenvalue weighted by molar-refractivity contribution is 0.0204. The first-order valence-corrected chi connectivity index (χ1v) is 10.0. The Kier molecular flexibility index (Phi) is 6.86. The summed E-state index contributed by atoms with van der Waals surface area (Å²) in [6.45, 7) is 11.7. The van der Waals surface area contributed by atoms with Crippen LogP contribution in [0.3, 0.4) is 0 Å². The molecular formula is C22H31N3O5. The minimum absolute atomic E-state index is 0.0122. The van der Waals surface area contributed by atoms with Gasteiger partial charge in [0.1, 0.15) is 17.0 Å². The van der Waals surface area contributed by atoms with Crippen LogP contribution in [-0.4, -0.2) is 46.5 Å². The van der Waals surface area contributed by atoms with Gasteiger partial charge in [-0.05, 0) is 71.9 Å². The molecule has 30 heavy (non-hydrogen) atoms. The van der Waals surface area contributed by atoms with Crippen molar-refractivity contribution in [2.24, 2.45) is 0 Å². The SMILES string of the molecule is CC(C)(C)OC(=O)Nc1cc(C2CCN(C(=O)OC(C)(C)C)CC2)c(C#N)cc1O. The third kappa shape index (κ3) is 6.55. The maximum absolute atomic E-state index is 12.3. The number of nitrogens with zero attached hydrogens (tertiary/aromatic N) is 2. The Bertz CT molecular complexity index is 838. The number of nitriles is 1. The number of anilines is 1. The first-order valence-electron chi connectivity index (χ1n) is 10.0. The first kappa shape index (κ1) is 23.3. The molecule has 0 aliphatic carbocycles. The van der Waals surface area contributed by atoms with E-state index in [1.165, 1.54) is 6.07 Å². The monoisotopic (exact) mass is 417 g/mol. The van der Waals surface area contributed by atoms with E-state index < -0.39 is 17.3 Å². The molecule has 164 valence electrons. The molecule has 8 nitrogen and oxygen atoms in total. The summed E-state index contributed by atoms with van der Waals surface area (Å²) in [6, 6.07) is 5.07. The molecule has 1 saturated heterocycles. The highest BCUT2D eigenvalue weighted by atomic mass is 16.6. The van der Waals surface area contributed by atoms with Gasteiger partial charge >= 0.3 is 12.2 Å². The molecular weight excluding hydrogens is 386 g/mol. The summed E-state index contributed by atoms with van der Waals surface area (Å²) in [5.74, 6) is -0.189. The van der Waals surface area contributed by atoms with Gasteiger partial charge in [-0.25, -0.2) is 9.59 Å². The van der Waals surface area contributed by atoms with E-state index in [-0.39, 0.29) is 23.4 Å². The van der Waals surface area contributed by atoms with E-state index in [0.29, 0.717) is 31.5 Å². The lowest BCUT2D eigenvalue weighted by atomic mass is 9.86. The lowest BCUT2D eigenvalue weighted by Gasteiger charge is -2.34. The van der Waals surface area contributed by atoms with Crippen LogP contribution in [0.25, 0.3) is 0 Å². The van der Waals surface area contributed by atoms with Crippen LogP contribution in [0.2, 0.25) is 0 Å². The zero-order valence-electron chi connectivity index (χ0n) is 18.5. The minimum atomic E-state index is -0.687. The molecule has 2 rings (SSSR count). The van der Waals surface area contributed by atoms with Gasteiger partial charge in [-0.2, -0.15) is 5.26 Å². The molecule has 0 aromatic heterocycles. The summed E-state index contributed by atoms with van der Waals surface area (Å²) < 4.78 is 10.7. The van der Waals surface area contributed by atoms with Gasteiger partial charge in [0.05, 0.1) is 17.3 Å². The van der Waals surface area contributed by atoms with Crippen molar-refractivity contribution in [3.8, 4) is 11.8 Å². The number of likely N-dealkylation sites (tertiary alicyclic amines) is 1. The molecule has 0 saturated carbocycles. The van der Waals surface area contributed by atoms with Crippen molar-refractivity contribution in [2.45, 2.75) is 71.5 Å². The molecule has 1 aliphatic heterocycles. The molecule has 2 N–H and O–H groups in total. The van der Waals surface area contributed by atoms with E-state index in [9.17, 15) is 20.0 Å².